The van der Waals surface area contributed by atoms with Gasteiger partial charge in [0.15, 0.2) is 0 Å². The van der Waals surface area contributed by atoms with E-state index in [1.165, 1.54) is 12.1 Å². The fourth-order valence-corrected chi connectivity index (χ4v) is 1.55. The quantitative estimate of drug-likeness (QED) is 0.785. The van der Waals surface area contributed by atoms with E-state index in [0.717, 1.165) is 18.5 Å². The van der Waals surface area contributed by atoms with Gasteiger partial charge < -0.3 is 15.2 Å². The van der Waals surface area contributed by atoms with Crippen LogP contribution in [0.25, 0.3) is 0 Å². The molecular formula is C14H22FNO2. The van der Waals surface area contributed by atoms with E-state index in [1.54, 1.807) is 6.07 Å². The average Bonchev–Trinajstić information content (AvgIpc) is 2.37. The lowest BCUT2D eigenvalue weighted by Gasteiger charge is -2.29. The van der Waals surface area contributed by atoms with Crippen LogP contribution in [-0.2, 0) is 0 Å². The van der Waals surface area contributed by atoms with Gasteiger partial charge in [-0.3, -0.25) is 0 Å². The first kappa shape index (κ1) is 14.9. The Bertz CT molecular complexity index is 384. The number of halogens is 1. The molecule has 0 amide bonds. The molecule has 0 heterocycles. The molecule has 0 saturated carbocycles. The summed E-state index contributed by atoms with van der Waals surface area (Å²) in [7, 11) is 0. The second-order valence-electron chi connectivity index (χ2n) is 4.84. The van der Waals surface area contributed by atoms with Crippen molar-refractivity contribution in [3.8, 4) is 5.75 Å². The minimum absolute atomic E-state index is 0.0264. The normalized spacial score (nSPS) is 14.3. The van der Waals surface area contributed by atoms with Crippen molar-refractivity contribution in [1.82, 2.24) is 5.32 Å². The van der Waals surface area contributed by atoms with Crippen molar-refractivity contribution in [2.45, 2.75) is 32.7 Å². The maximum Gasteiger partial charge on any atom is 0.126 e. The Labute approximate surface area is 108 Å². The van der Waals surface area contributed by atoms with Crippen LogP contribution in [0.2, 0.25) is 0 Å². The smallest absolute Gasteiger partial charge is 0.126 e. The van der Waals surface area contributed by atoms with E-state index in [4.69, 9.17) is 4.74 Å². The first-order valence-electron chi connectivity index (χ1n) is 6.25. The lowest BCUT2D eigenvalue weighted by molar-refractivity contribution is 0.115. The molecule has 0 spiro atoms. The summed E-state index contributed by atoms with van der Waals surface area (Å²) >= 11 is 0. The minimum Gasteiger partial charge on any atom is -0.491 e. The highest BCUT2D eigenvalue weighted by Crippen LogP contribution is 2.20. The van der Waals surface area contributed by atoms with E-state index in [2.05, 4.69) is 12.2 Å². The van der Waals surface area contributed by atoms with Crippen molar-refractivity contribution in [3.05, 3.63) is 29.6 Å². The van der Waals surface area contributed by atoms with Crippen LogP contribution < -0.4 is 10.1 Å². The number of aryl methyl sites for hydroxylation is 1. The van der Waals surface area contributed by atoms with Crippen LogP contribution in [0.4, 0.5) is 4.39 Å². The average molecular weight is 255 g/mol. The van der Waals surface area contributed by atoms with E-state index in [1.807, 2.05) is 13.8 Å². The van der Waals surface area contributed by atoms with Crippen LogP contribution in [0.3, 0.4) is 0 Å². The highest BCUT2D eigenvalue weighted by Gasteiger charge is 2.23. The van der Waals surface area contributed by atoms with E-state index in [-0.39, 0.29) is 12.4 Å². The monoisotopic (exact) mass is 255 g/mol. The Balaban J connectivity index is 2.64. The molecule has 1 rings (SSSR count). The van der Waals surface area contributed by atoms with Gasteiger partial charge in [-0.25, -0.2) is 4.39 Å². The molecule has 1 unspecified atom stereocenters. The summed E-state index contributed by atoms with van der Waals surface area (Å²) in [6.45, 7) is 6.89. The van der Waals surface area contributed by atoms with E-state index in [0.29, 0.717) is 12.4 Å². The van der Waals surface area contributed by atoms with Crippen molar-refractivity contribution in [2.75, 3.05) is 19.8 Å². The maximum atomic E-state index is 13.1. The summed E-state index contributed by atoms with van der Waals surface area (Å²) in [6.07, 6.45) is 0.981. The van der Waals surface area contributed by atoms with Gasteiger partial charge in [0.05, 0.1) is 12.1 Å². The molecule has 102 valence electrons. The Morgan fingerprint density at radius 3 is 2.78 bits per heavy atom. The fourth-order valence-electron chi connectivity index (χ4n) is 1.55. The molecule has 18 heavy (non-hydrogen) atoms. The number of rotatable bonds is 7. The Morgan fingerprint density at radius 1 is 1.44 bits per heavy atom. The molecule has 0 bridgehead atoms. The first-order valence-corrected chi connectivity index (χ1v) is 6.25. The van der Waals surface area contributed by atoms with Gasteiger partial charge in [-0.15, -0.1) is 0 Å². The topological polar surface area (TPSA) is 41.5 Å². The van der Waals surface area contributed by atoms with Gasteiger partial charge >= 0.3 is 0 Å². The lowest BCUT2D eigenvalue weighted by atomic mass is 10.1. The molecule has 3 nitrogen and oxygen atoms in total. The van der Waals surface area contributed by atoms with Gasteiger partial charge in [-0.05, 0) is 38.4 Å². The summed E-state index contributed by atoms with van der Waals surface area (Å²) in [6, 6.07) is 4.45. The van der Waals surface area contributed by atoms with Gasteiger partial charge in [0.25, 0.3) is 0 Å². The predicted molar refractivity (Wildman–Crippen MR) is 70.4 cm³/mol. The molecule has 0 aliphatic carbocycles. The summed E-state index contributed by atoms with van der Waals surface area (Å²) in [4.78, 5) is 0. The third-order valence-corrected chi connectivity index (χ3v) is 2.85. The molecule has 1 atom stereocenters. The van der Waals surface area contributed by atoms with Crippen LogP contribution >= 0.6 is 0 Å². The molecule has 0 aliphatic rings. The minimum atomic E-state index is -0.505. The third-order valence-electron chi connectivity index (χ3n) is 2.85. The molecule has 0 aromatic heterocycles. The molecule has 0 radical (unpaired) electrons. The van der Waals surface area contributed by atoms with Gasteiger partial charge in [0.1, 0.15) is 18.2 Å². The number of aliphatic hydroxyl groups excluding tert-OH is 1. The van der Waals surface area contributed by atoms with Crippen LogP contribution in [0.1, 0.15) is 25.8 Å². The number of ether oxygens (including phenoxy) is 1. The third kappa shape index (κ3) is 4.27. The number of hydrogen-bond donors (Lipinski definition) is 2. The van der Waals surface area contributed by atoms with E-state index < -0.39 is 5.54 Å². The molecule has 1 aromatic rings. The van der Waals surface area contributed by atoms with Crippen LogP contribution in [0, 0.1) is 12.7 Å². The number of hydrogen-bond acceptors (Lipinski definition) is 3. The molecule has 1 aromatic carbocycles. The predicted octanol–water partition coefficient (Wildman–Crippen LogP) is 2.26. The maximum absolute atomic E-state index is 13.1. The van der Waals surface area contributed by atoms with E-state index >= 15 is 0 Å². The van der Waals surface area contributed by atoms with Gasteiger partial charge in [0, 0.05) is 6.07 Å². The number of aliphatic hydroxyl groups is 1. The Kier molecular flexibility index (Phi) is 5.56. The first-order chi connectivity index (χ1) is 8.50. The summed E-state index contributed by atoms with van der Waals surface area (Å²) in [5.41, 5.74) is 0.376. The molecule has 2 N–H and O–H groups in total. The lowest BCUT2D eigenvalue weighted by Crippen LogP contribution is -2.50. The highest BCUT2D eigenvalue weighted by atomic mass is 19.1. The fraction of sp³-hybridized carbons (Fsp3) is 0.571. The summed E-state index contributed by atoms with van der Waals surface area (Å²) < 4.78 is 18.7. The van der Waals surface area contributed by atoms with Gasteiger partial charge in [0.2, 0.25) is 0 Å². The zero-order valence-corrected chi connectivity index (χ0v) is 11.3. The number of nitrogens with one attached hydrogen (secondary N) is 1. The molecule has 0 fully saturated rings. The van der Waals surface area contributed by atoms with Gasteiger partial charge in [-0.1, -0.05) is 13.0 Å². The Hall–Kier alpha value is -1.13. The summed E-state index contributed by atoms with van der Waals surface area (Å²) in [5, 5.41) is 12.6. The highest BCUT2D eigenvalue weighted by molar-refractivity contribution is 5.32. The van der Waals surface area contributed by atoms with Crippen molar-refractivity contribution < 1.29 is 14.2 Å². The largest absolute Gasteiger partial charge is 0.491 e. The summed E-state index contributed by atoms with van der Waals surface area (Å²) in [5.74, 6) is 0.204. The zero-order chi connectivity index (χ0) is 13.6. The second-order valence-corrected chi connectivity index (χ2v) is 4.84. The molecule has 4 heteroatoms. The van der Waals surface area contributed by atoms with Crippen LogP contribution in [0.5, 0.6) is 5.75 Å². The standard InChI is InChI=1S/C14H22FNO2/c1-4-7-16-14(3,9-17)10-18-13-8-12(15)6-5-11(13)2/h5-6,8,16-17H,4,7,9-10H2,1-3H3. The second kappa shape index (κ2) is 6.71. The SMILES string of the molecule is CCCNC(C)(CO)COc1cc(F)ccc1C. The van der Waals surface area contributed by atoms with Crippen molar-refractivity contribution in [3.63, 3.8) is 0 Å². The molecule has 0 aliphatic heterocycles. The van der Waals surface area contributed by atoms with Crippen LogP contribution in [-0.4, -0.2) is 30.4 Å². The molecular weight excluding hydrogens is 233 g/mol. The van der Waals surface area contributed by atoms with Crippen molar-refractivity contribution in [1.29, 1.82) is 0 Å². The van der Waals surface area contributed by atoms with Gasteiger partial charge in [-0.2, -0.15) is 0 Å². The van der Waals surface area contributed by atoms with Crippen molar-refractivity contribution in [2.24, 2.45) is 0 Å². The number of benzene rings is 1. The van der Waals surface area contributed by atoms with Crippen LogP contribution in [0.15, 0.2) is 18.2 Å². The Morgan fingerprint density at radius 2 is 2.17 bits per heavy atom. The van der Waals surface area contributed by atoms with E-state index in [9.17, 15) is 9.50 Å². The molecule has 0 saturated heterocycles. The van der Waals surface area contributed by atoms with Crippen molar-refractivity contribution >= 4 is 0 Å². The zero-order valence-electron chi connectivity index (χ0n) is 11.3.